The quantitative estimate of drug-likeness (QED) is 0.804. The summed E-state index contributed by atoms with van der Waals surface area (Å²) in [6.45, 7) is 5.24. The summed E-state index contributed by atoms with van der Waals surface area (Å²) in [6.07, 6.45) is 14.1. The van der Waals surface area contributed by atoms with Gasteiger partial charge in [-0.25, -0.2) is 0 Å². The first-order valence-corrected chi connectivity index (χ1v) is 10.0. The van der Waals surface area contributed by atoms with Crippen molar-refractivity contribution in [2.24, 2.45) is 16.8 Å². The molecule has 0 bridgehead atoms. The Morgan fingerprint density at radius 3 is 2.91 bits per heavy atom. The Bertz CT molecular complexity index is 533. The van der Waals surface area contributed by atoms with E-state index < -0.39 is 0 Å². The highest BCUT2D eigenvalue weighted by Crippen LogP contribution is 2.52. The maximum atomic E-state index is 12.9. The van der Waals surface area contributed by atoms with Crippen LogP contribution in [0.3, 0.4) is 0 Å². The summed E-state index contributed by atoms with van der Waals surface area (Å²) in [6, 6.07) is 0.345. The third-order valence-corrected chi connectivity index (χ3v) is 6.98. The predicted octanol–water partition coefficient (Wildman–Crippen LogP) is 3.76. The minimum atomic E-state index is -0.0417. The molecule has 2 aliphatic heterocycles. The molecular formula is C19H28N2OS. The normalized spacial score (nSPS) is 31.7. The van der Waals surface area contributed by atoms with E-state index in [0.717, 1.165) is 44.4 Å². The number of rotatable bonds is 6. The number of allylic oxidation sites excluding steroid dienone is 3. The fourth-order valence-electron chi connectivity index (χ4n) is 4.21. The lowest BCUT2D eigenvalue weighted by Crippen LogP contribution is -2.48. The van der Waals surface area contributed by atoms with Crippen LogP contribution in [0.5, 0.6) is 0 Å². The van der Waals surface area contributed by atoms with E-state index >= 15 is 0 Å². The fraction of sp³-hybridized carbons (Fsp3) is 0.684. The zero-order valence-electron chi connectivity index (χ0n) is 14.3. The maximum absolute atomic E-state index is 12.9. The molecule has 3 atom stereocenters. The highest BCUT2D eigenvalue weighted by Gasteiger charge is 2.54. The molecule has 0 aromatic rings. The number of amides is 1. The Morgan fingerprint density at radius 1 is 1.39 bits per heavy atom. The summed E-state index contributed by atoms with van der Waals surface area (Å²) in [7, 11) is 0. The molecule has 3 aliphatic rings. The topological polar surface area (TPSA) is 41.5 Å². The second-order valence-corrected chi connectivity index (χ2v) is 8.17. The van der Waals surface area contributed by atoms with Crippen LogP contribution in [0.2, 0.25) is 0 Å². The molecule has 0 saturated carbocycles. The van der Waals surface area contributed by atoms with Crippen molar-refractivity contribution in [1.82, 2.24) is 5.32 Å². The lowest BCUT2D eigenvalue weighted by molar-refractivity contribution is -0.126. The number of hydrogen-bond donors (Lipinski definition) is 1. The third-order valence-electron chi connectivity index (χ3n) is 5.33. The molecule has 3 nitrogen and oxygen atoms in total. The van der Waals surface area contributed by atoms with Crippen molar-refractivity contribution in [3.05, 3.63) is 24.3 Å². The molecule has 2 heterocycles. The van der Waals surface area contributed by atoms with Crippen LogP contribution in [0.15, 0.2) is 29.3 Å². The van der Waals surface area contributed by atoms with Crippen LogP contribution < -0.4 is 5.32 Å². The molecule has 3 unspecified atom stereocenters. The molecule has 3 rings (SSSR count). The summed E-state index contributed by atoms with van der Waals surface area (Å²) >= 11 is 1.92. The van der Waals surface area contributed by atoms with Crippen molar-refractivity contribution >= 4 is 23.4 Å². The Balaban J connectivity index is 1.72. The number of nitrogens with zero attached hydrogens (tertiary/aromatic N) is 1. The first-order valence-electron chi connectivity index (χ1n) is 9.06. The van der Waals surface area contributed by atoms with Gasteiger partial charge in [0.2, 0.25) is 5.91 Å². The van der Waals surface area contributed by atoms with Gasteiger partial charge in [0.15, 0.2) is 0 Å². The van der Waals surface area contributed by atoms with E-state index in [-0.39, 0.29) is 16.6 Å². The molecule has 1 spiro atoms. The molecule has 0 radical (unpaired) electrons. The summed E-state index contributed by atoms with van der Waals surface area (Å²) in [5, 5.41) is 3.35. The summed E-state index contributed by atoms with van der Waals surface area (Å²) in [5.74, 6) is 1.71. The first kappa shape index (κ1) is 16.8. The van der Waals surface area contributed by atoms with E-state index in [0.29, 0.717) is 12.0 Å². The largest absolute Gasteiger partial charge is 0.353 e. The highest BCUT2D eigenvalue weighted by atomic mass is 32.2. The molecule has 1 N–H and O–H groups in total. The van der Waals surface area contributed by atoms with E-state index in [9.17, 15) is 4.79 Å². The van der Waals surface area contributed by atoms with E-state index in [1.54, 1.807) is 0 Å². The van der Waals surface area contributed by atoms with Gasteiger partial charge in [0.25, 0.3) is 0 Å². The van der Waals surface area contributed by atoms with Crippen molar-refractivity contribution in [2.45, 2.75) is 56.7 Å². The van der Waals surface area contributed by atoms with E-state index in [4.69, 9.17) is 4.99 Å². The van der Waals surface area contributed by atoms with Gasteiger partial charge in [-0.15, -0.1) is 11.8 Å². The molecule has 0 aromatic heterocycles. The summed E-state index contributed by atoms with van der Waals surface area (Å²) in [5.41, 5.74) is 1.18. The lowest BCUT2D eigenvalue weighted by atomic mass is 9.74. The molecule has 0 aromatic carbocycles. The third kappa shape index (κ3) is 3.15. The molecular weight excluding hydrogens is 304 g/mol. The van der Waals surface area contributed by atoms with E-state index in [1.807, 2.05) is 11.8 Å². The molecule has 23 heavy (non-hydrogen) atoms. The monoisotopic (exact) mass is 332 g/mol. The van der Waals surface area contributed by atoms with Gasteiger partial charge < -0.3 is 5.32 Å². The Labute approximate surface area is 144 Å². The fourth-order valence-corrected chi connectivity index (χ4v) is 6.00. The van der Waals surface area contributed by atoms with Gasteiger partial charge in [0.1, 0.15) is 0 Å². The molecule has 1 amide bonds. The minimum Gasteiger partial charge on any atom is -0.353 e. The molecule has 1 saturated heterocycles. The summed E-state index contributed by atoms with van der Waals surface area (Å²) in [4.78, 5) is 17.6. The van der Waals surface area contributed by atoms with Crippen LogP contribution in [-0.4, -0.2) is 34.7 Å². The second-order valence-electron chi connectivity index (χ2n) is 6.87. The van der Waals surface area contributed by atoms with Crippen molar-refractivity contribution in [2.75, 3.05) is 12.3 Å². The smallest absolute Gasteiger partial charge is 0.224 e. The Morgan fingerprint density at radius 2 is 2.17 bits per heavy atom. The summed E-state index contributed by atoms with van der Waals surface area (Å²) < 4.78 is -0.0417. The van der Waals surface area contributed by atoms with Gasteiger partial charge in [0.05, 0.1) is 16.4 Å². The SMILES string of the molecule is CCCC(CCC)NC(=O)C1CSC23C=CC=CC2=NCCC13. The van der Waals surface area contributed by atoms with Crippen molar-refractivity contribution in [1.29, 1.82) is 0 Å². The molecule has 126 valence electrons. The first-order chi connectivity index (χ1) is 11.2. The average molecular weight is 333 g/mol. The van der Waals surface area contributed by atoms with Gasteiger partial charge in [-0.3, -0.25) is 9.79 Å². The van der Waals surface area contributed by atoms with Crippen LogP contribution >= 0.6 is 11.8 Å². The van der Waals surface area contributed by atoms with Crippen LogP contribution in [0.1, 0.15) is 46.0 Å². The van der Waals surface area contributed by atoms with E-state index in [1.165, 1.54) is 5.71 Å². The highest BCUT2D eigenvalue weighted by molar-refractivity contribution is 8.02. The van der Waals surface area contributed by atoms with E-state index in [2.05, 4.69) is 43.5 Å². The minimum absolute atomic E-state index is 0.0417. The number of thioether (sulfide) groups is 1. The van der Waals surface area contributed by atoms with Gasteiger partial charge >= 0.3 is 0 Å². The molecule has 1 aliphatic carbocycles. The number of aliphatic imine (C=N–C) groups is 1. The molecule has 4 heteroatoms. The van der Waals surface area contributed by atoms with Gasteiger partial charge in [-0.2, -0.15) is 0 Å². The number of nitrogens with one attached hydrogen (secondary N) is 1. The zero-order chi connectivity index (χ0) is 16.3. The van der Waals surface area contributed by atoms with Crippen LogP contribution in [0.25, 0.3) is 0 Å². The van der Waals surface area contributed by atoms with Crippen molar-refractivity contribution in [3.63, 3.8) is 0 Å². The zero-order valence-corrected chi connectivity index (χ0v) is 15.1. The van der Waals surface area contributed by atoms with Crippen molar-refractivity contribution < 1.29 is 4.79 Å². The number of carbonyl (C=O) groups is 1. The average Bonchev–Trinajstić information content (AvgIpc) is 2.93. The number of carbonyl (C=O) groups excluding carboxylic acids is 1. The Hall–Kier alpha value is -1.03. The van der Waals surface area contributed by atoms with Gasteiger partial charge in [-0.05, 0) is 31.3 Å². The predicted molar refractivity (Wildman–Crippen MR) is 99.1 cm³/mol. The van der Waals surface area contributed by atoms with Crippen LogP contribution in [-0.2, 0) is 4.79 Å². The van der Waals surface area contributed by atoms with Crippen LogP contribution in [0, 0.1) is 11.8 Å². The van der Waals surface area contributed by atoms with Gasteiger partial charge in [0, 0.05) is 18.3 Å². The lowest BCUT2D eigenvalue weighted by Gasteiger charge is -2.38. The Kier molecular flexibility index (Phi) is 5.30. The van der Waals surface area contributed by atoms with Gasteiger partial charge in [-0.1, -0.05) is 44.9 Å². The maximum Gasteiger partial charge on any atom is 0.224 e. The molecule has 1 fully saturated rings. The second kappa shape index (κ2) is 7.25. The standard InChI is InChI=1S/C19H28N2OS/c1-3-7-14(8-4-2)21-18(22)15-13-23-19-11-6-5-9-17(19)20-12-10-16(15)19/h5-6,9,11,14-16H,3-4,7-8,10,12-13H2,1-2H3,(H,21,22). The van der Waals surface area contributed by atoms with Crippen LogP contribution in [0.4, 0.5) is 0 Å². The van der Waals surface area contributed by atoms with Crippen molar-refractivity contribution in [3.8, 4) is 0 Å². The number of hydrogen-bond acceptors (Lipinski definition) is 3.